The Morgan fingerprint density at radius 2 is 1.04 bits per heavy atom. The predicted octanol–water partition coefficient (Wildman–Crippen LogP) is 3.04. The fourth-order valence-corrected chi connectivity index (χ4v) is 13.6. The summed E-state index contributed by atoms with van der Waals surface area (Å²) in [5.41, 5.74) is 0. The summed E-state index contributed by atoms with van der Waals surface area (Å²) in [4.78, 5) is 0. The minimum atomic E-state index is -1.60. The molecule has 2 nitrogen and oxygen atoms in total. The van der Waals surface area contributed by atoms with Crippen molar-refractivity contribution in [3.63, 3.8) is 0 Å². The van der Waals surface area contributed by atoms with Crippen LogP contribution in [0.3, 0.4) is 0 Å². The van der Waals surface area contributed by atoms with Crippen LogP contribution in [0.2, 0.25) is 11.6 Å². The molecule has 0 spiro atoms. The van der Waals surface area contributed by atoms with Gasteiger partial charge >= 0.3 is 173 Å². The molecule has 2 rings (SSSR count). The number of hydrogen-bond acceptors (Lipinski definition) is 2. The molecule has 0 aliphatic heterocycles. The van der Waals surface area contributed by atoms with Crippen LogP contribution >= 0.6 is 8.85 Å². The summed E-state index contributed by atoms with van der Waals surface area (Å²) in [5.74, 6) is 4.49. The van der Waals surface area contributed by atoms with Gasteiger partial charge in [-0.25, -0.2) is 0 Å². The van der Waals surface area contributed by atoms with Crippen LogP contribution in [0.5, 0.6) is 0 Å². The molecular formula is C16H20O2P2Se4. The molecule has 24 heavy (non-hydrogen) atoms. The van der Waals surface area contributed by atoms with E-state index in [2.05, 4.69) is 103 Å². The van der Waals surface area contributed by atoms with Gasteiger partial charge in [-0.3, -0.25) is 0 Å². The monoisotopic (exact) mass is 626 g/mol. The molecule has 0 fully saturated rings. The van der Waals surface area contributed by atoms with Crippen LogP contribution in [0.25, 0.3) is 0 Å². The summed E-state index contributed by atoms with van der Waals surface area (Å²) < 4.78 is 9.42. The van der Waals surface area contributed by atoms with Gasteiger partial charge in [-0.2, -0.15) is 0 Å². The Bertz CT molecular complexity index is 662. The Morgan fingerprint density at radius 1 is 0.708 bits per heavy atom. The molecule has 0 radical (unpaired) electrons. The van der Waals surface area contributed by atoms with Crippen molar-refractivity contribution in [1.29, 1.82) is 0 Å². The molecule has 2 unspecified atom stereocenters. The first kappa shape index (κ1) is 21.6. The molecule has 0 heterocycles. The standard InChI is InChI=1S/C16H20O2P2Se4/c1-23-19(21,15-9-5-3-6-10-15)17-13-14-18-20(22,24-2)16-11-7-4-8-12-16/h3-12H,13-14H2,1-2H3. The maximum absolute atomic E-state index is 6.31. The van der Waals surface area contributed by atoms with Gasteiger partial charge in [-0.05, 0) is 0 Å². The van der Waals surface area contributed by atoms with Gasteiger partial charge in [0.05, 0.1) is 0 Å². The third kappa shape index (κ3) is 5.90. The molecular weight excluding hydrogens is 602 g/mol. The van der Waals surface area contributed by atoms with Gasteiger partial charge in [0, 0.05) is 0 Å². The van der Waals surface area contributed by atoms with E-state index in [0.717, 1.165) is 0 Å². The van der Waals surface area contributed by atoms with Crippen molar-refractivity contribution < 1.29 is 9.05 Å². The van der Waals surface area contributed by atoms with Crippen LogP contribution in [-0.4, -0.2) is 72.4 Å². The second-order valence-corrected chi connectivity index (χ2v) is 33.5. The number of rotatable bonds is 9. The van der Waals surface area contributed by atoms with Crippen LogP contribution in [0.1, 0.15) is 0 Å². The summed E-state index contributed by atoms with van der Waals surface area (Å²) in [6, 6.07) is 21.1. The third-order valence-electron chi connectivity index (χ3n) is 3.23. The van der Waals surface area contributed by atoms with E-state index >= 15 is 0 Å². The fraction of sp³-hybridized carbons (Fsp3) is 0.250. The Kier molecular flexibility index (Phi) is 9.53. The van der Waals surface area contributed by atoms with Crippen LogP contribution in [-0.2, 0) is 9.05 Å². The van der Waals surface area contributed by atoms with Gasteiger partial charge in [0.1, 0.15) is 0 Å². The van der Waals surface area contributed by atoms with Gasteiger partial charge < -0.3 is 0 Å². The van der Waals surface area contributed by atoms with E-state index < -0.39 is 8.85 Å². The van der Waals surface area contributed by atoms with Gasteiger partial charge in [0.25, 0.3) is 0 Å². The predicted molar refractivity (Wildman–Crippen MR) is 113 cm³/mol. The van der Waals surface area contributed by atoms with Crippen molar-refractivity contribution >= 4 is 78.7 Å². The molecule has 2 aromatic rings. The molecule has 2 atom stereocenters. The van der Waals surface area contributed by atoms with Gasteiger partial charge in [-0.15, -0.1) is 0 Å². The van der Waals surface area contributed by atoms with Crippen molar-refractivity contribution in [1.82, 2.24) is 0 Å². The fourth-order valence-electron chi connectivity index (χ4n) is 2.00. The van der Waals surface area contributed by atoms with E-state index in [1.807, 2.05) is 0 Å². The molecule has 8 heteroatoms. The first-order chi connectivity index (χ1) is 11.5. The molecule has 0 aliphatic carbocycles. The van der Waals surface area contributed by atoms with E-state index in [4.69, 9.17) is 9.05 Å². The second-order valence-electron chi connectivity index (χ2n) is 4.70. The van der Waals surface area contributed by atoms with Gasteiger partial charge in [-0.1, -0.05) is 0 Å². The number of benzene rings is 2. The van der Waals surface area contributed by atoms with Crippen molar-refractivity contribution in [3.8, 4) is 0 Å². The normalized spacial score (nSPS) is 16.2. The zero-order valence-corrected chi connectivity index (χ0v) is 22.2. The van der Waals surface area contributed by atoms with Crippen molar-refractivity contribution in [3.05, 3.63) is 60.7 Å². The van der Waals surface area contributed by atoms with Crippen LogP contribution in [0.4, 0.5) is 0 Å². The molecule has 0 saturated heterocycles. The first-order valence-electron chi connectivity index (χ1n) is 7.26. The quantitative estimate of drug-likeness (QED) is 0.244. The third-order valence-corrected chi connectivity index (χ3v) is 30.9. The van der Waals surface area contributed by atoms with Crippen LogP contribution in [0, 0.1) is 0 Å². The van der Waals surface area contributed by atoms with Crippen molar-refractivity contribution in [2.24, 2.45) is 0 Å². The Labute approximate surface area is 172 Å². The average molecular weight is 622 g/mol. The van der Waals surface area contributed by atoms with E-state index in [9.17, 15) is 0 Å². The van der Waals surface area contributed by atoms with E-state index in [0.29, 0.717) is 42.2 Å². The van der Waals surface area contributed by atoms with Gasteiger partial charge in [0.2, 0.25) is 0 Å². The van der Waals surface area contributed by atoms with Crippen LogP contribution < -0.4 is 10.6 Å². The van der Waals surface area contributed by atoms with Gasteiger partial charge in [0.15, 0.2) is 0 Å². The topological polar surface area (TPSA) is 18.5 Å². The average Bonchev–Trinajstić information content (AvgIpc) is 2.66. The Balaban J connectivity index is 1.96. The molecule has 2 aromatic carbocycles. The molecule has 0 N–H and O–H groups in total. The summed E-state index contributed by atoms with van der Waals surface area (Å²) in [6.07, 6.45) is 0. The van der Waals surface area contributed by atoms with E-state index in [1.165, 1.54) is 10.6 Å². The summed E-state index contributed by atoms with van der Waals surface area (Å²) in [5, 5.41) is 2.61. The minimum absolute atomic E-state index is 0.410. The summed E-state index contributed by atoms with van der Waals surface area (Å²) in [6.45, 7) is 1.27. The SMILES string of the molecule is C[Se]P(=[Se])(OCCOP(=[Se])([Se]C)c1ccccc1)c1ccccc1. The summed E-state index contributed by atoms with van der Waals surface area (Å²) >= 11 is 7.55. The zero-order valence-electron chi connectivity index (χ0n) is 13.5. The molecule has 0 bridgehead atoms. The van der Waals surface area contributed by atoms with E-state index in [-0.39, 0.29) is 0 Å². The van der Waals surface area contributed by atoms with Crippen molar-refractivity contribution in [2.75, 3.05) is 13.2 Å². The maximum atomic E-state index is 6.31. The Morgan fingerprint density at radius 3 is 1.33 bits per heavy atom. The molecule has 0 aliphatic rings. The first-order valence-corrected chi connectivity index (χ1v) is 23.0. The van der Waals surface area contributed by atoms with Crippen LogP contribution in [0.15, 0.2) is 60.7 Å². The molecule has 0 aromatic heterocycles. The summed E-state index contributed by atoms with van der Waals surface area (Å²) in [7, 11) is 0. The Hall–Kier alpha value is 1.30. The number of hydrogen-bond donors (Lipinski definition) is 0. The molecule has 0 saturated carbocycles. The van der Waals surface area contributed by atoms with E-state index in [1.54, 1.807) is 0 Å². The molecule has 0 amide bonds. The zero-order chi connectivity index (χ0) is 17.5. The second kappa shape index (κ2) is 10.6. The molecule has 130 valence electrons. The van der Waals surface area contributed by atoms with Crippen molar-refractivity contribution in [2.45, 2.75) is 11.6 Å².